The number of thiazole rings is 1. The average Bonchev–Trinajstić information content (AvgIpc) is 3.82. The first-order chi connectivity index (χ1) is 31.0. The van der Waals surface area contributed by atoms with Crippen LogP contribution in [0.5, 0.6) is 0 Å². The maximum absolute atomic E-state index is 14.6. The fraction of sp³-hybridized carbons (Fsp3) is 0.571. The number of carbonyl (C=O) groups excluding carboxylic acids is 4. The lowest BCUT2D eigenvalue weighted by Gasteiger charge is -2.36. The fourth-order valence-electron chi connectivity index (χ4n) is 9.66. The second-order valence-corrected chi connectivity index (χ2v) is 20.3. The lowest BCUT2D eigenvalue weighted by molar-refractivity contribution is -0.155. The van der Waals surface area contributed by atoms with Gasteiger partial charge in [-0.2, -0.15) is 0 Å². The van der Waals surface area contributed by atoms with Crippen LogP contribution in [0.1, 0.15) is 96.5 Å². The molecular weight excluding hydrogens is 843 g/mol. The Morgan fingerprint density at radius 1 is 1.17 bits per heavy atom. The van der Waals surface area contributed by atoms with Crippen LogP contribution in [-0.2, 0) is 43.2 Å². The van der Waals surface area contributed by atoms with Crippen LogP contribution in [-0.4, -0.2) is 124 Å². The number of ether oxygens (including phenoxy) is 2. The SMILES string of the molecule is CCn1c(-c2cccnc2[C@H](C)OC)c2c3cc(ccc31)-c1csc(n1)C[C@H](NC(=O)C(C(C)C)N(C)C(=O)/N=C1/CCC(C)CN(C)C1)C(=O)N1CCC[C@H](N1)C(=O)OCC(C)(C)C2. The van der Waals surface area contributed by atoms with Crippen molar-refractivity contribution in [3.05, 3.63) is 58.2 Å². The Kier molecular flexibility index (Phi) is 14.9. The Morgan fingerprint density at radius 2 is 1.95 bits per heavy atom. The number of amides is 4. The van der Waals surface area contributed by atoms with Gasteiger partial charge in [-0.25, -0.2) is 20.2 Å². The van der Waals surface area contributed by atoms with Crippen molar-refractivity contribution in [2.75, 3.05) is 47.4 Å². The Balaban J connectivity index is 1.27. The van der Waals surface area contributed by atoms with Crippen LogP contribution in [0.25, 0.3) is 33.4 Å². The fourth-order valence-corrected chi connectivity index (χ4v) is 10.5. The van der Waals surface area contributed by atoms with Gasteiger partial charge in [0.2, 0.25) is 5.91 Å². The van der Waals surface area contributed by atoms with Crippen LogP contribution in [0.4, 0.5) is 4.79 Å². The van der Waals surface area contributed by atoms with Crippen LogP contribution >= 0.6 is 11.3 Å². The van der Waals surface area contributed by atoms with Gasteiger partial charge in [0, 0.05) is 91.5 Å². The zero-order chi connectivity index (χ0) is 46.7. The first-order valence-electron chi connectivity index (χ1n) is 23.1. The van der Waals surface area contributed by atoms with Crippen LogP contribution in [0.3, 0.4) is 0 Å². The van der Waals surface area contributed by atoms with Gasteiger partial charge in [0.15, 0.2) is 0 Å². The van der Waals surface area contributed by atoms with E-state index in [4.69, 9.17) is 19.4 Å². The zero-order valence-corrected chi connectivity index (χ0v) is 40.6. The third kappa shape index (κ3) is 10.7. The topological polar surface area (TPSA) is 164 Å². The van der Waals surface area contributed by atoms with Gasteiger partial charge in [-0.15, -0.1) is 11.3 Å². The molecule has 0 spiro atoms. The largest absolute Gasteiger partial charge is 0.464 e. The third-order valence-electron chi connectivity index (χ3n) is 13.0. The molecule has 4 aromatic rings. The standard InChI is InChI=1S/C49H67N9O6S/c1-11-57-40-19-17-32-22-35(40)36(44(57)34-14-12-20-50-42(34)31(5)63-10)24-49(6,7)28-64-47(61)37-15-13-21-58(54-37)46(60)38(23-41-52-39(32)27-65-41)53-45(59)43(29(2)3)56(9)48(62)51-33-18-16-30(4)25-55(8)26-33/h12,14,17,19-20,22,27,29-31,37-38,43,54H,11,13,15-16,18,21,23-26,28H2,1-10H3,(H,53,59)/b51-33-/t30?,31-,37-,38-,43?/m0/s1. The van der Waals surface area contributed by atoms with Gasteiger partial charge in [0.25, 0.3) is 5.91 Å². The third-order valence-corrected chi connectivity index (χ3v) is 13.9. The molecule has 0 saturated carbocycles. The summed E-state index contributed by atoms with van der Waals surface area (Å²) in [5.74, 6) is -1.13. The number of cyclic esters (lactones) is 1. The lowest BCUT2D eigenvalue weighted by Crippen LogP contribution is -2.62. The second kappa shape index (κ2) is 20.2. The van der Waals surface area contributed by atoms with E-state index in [0.717, 1.165) is 63.4 Å². The number of likely N-dealkylation sites (tertiary alicyclic amines) is 1. The van der Waals surface area contributed by atoms with Crippen LogP contribution in [0, 0.1) is 17.3 Å². The minimum Gasteiger partial charge on any atom is -0.464 e. The molecule has 0 aliphatic carbocycles. The predicted molar refractivity (Wildman–Crippen MR) is 254 cm³/mol. The van der Waals surface area contributed by atoms with E-state index in [-0.39, 0.29) is 25.0 Å². The molecule has 1 aromatic carbocycles. The smallest absolute Gasteiger partial charge is 0.343 e. The number of hydrogen-bond acceptors (Lipinski definition) is 11. The number of urea groups is 1. The summed E-state index contributed by atoms with van der Waals surface area (Å²) in [7, 11) is 5.31. The number of rotatable bonds is 8. The number of hydrazine groups is 1. The number of methoxy groups -OCH3 is 1. The molecule has 2 saturated heterocycles. The molecule has 16 heteroatoms. The molecule has 2 N–H and O–H groups in total. The monoisotopic (exact) mass is 909 g/mol. The van der Waals surface area contributed by atoms with Crippen molar-refractivity contribution in [2.24, 2.45) is 22.2 Å². The van der Waals surface area contributed by atoms with E-state index in [9.17, 15) is 19.2 Å². The molecule has 3 aliphatic rings. The molecule has 3 aromatic heterocycles. The number of aromatic nitrogens is 3. The Labute approximate surface area is 387 Å². The summed E-state index contributed by atoms with van der Waals surface area (Å²) in [6.07, 6.45) is 4.91. The van der Waals surface area contributed by atoms with Crippen molar-refractivity contribution < 1.29 is 28.7 Å². The molecule has 3 aliphatic heterocycles. The highest BCUT2D eigenvalue weighted by Crippen LogP contribution is 2.42. The summed E-state index contributed by atoms with van der Waals surface area (Å²) in [5.41, 5.74) is 10.2. The number of benzene rings is 1. The summed E-state index contributed by atoms with van der Waals surface area (Å²) < 4.78 is 14.3. The molecule has 6 bridgehead atoms. The Hall–Kier alpha value is -5.03. The van der Waals surface area contributed by atoms with Crippen LogP contribution in [0.15, 0.2) is 46.9 Å². The van der Waals surface area contributed by atoms with Gasteiger partial charge < -0.3 is 29.2 Å². The molecule has 7 rings (SSSR count). The van der Waals surface area contributed by atoms with Gasteiger partial charge in [-0.1, -0.05) is 40.7 Å². The number of nitrogens with zero attached hydrogens (tertiary/aromatic N) is 7. The number of hydrogen-bond donors (Lipinski definition) is 2. The normalized spacial score (nSPS) is 22.6. The highest BCUT2D eigenvalue weighted by atomic mass is 32.1. The Morgan fingerprint density at radius 3 is 2.69 bits per heavy atom. The summed E-state index contributed by atoms with van der Waals surface area (Å²) in [4.78, 5) is 74.6. The zero-order valence-electron chi connectivity index (χ0n) is 39.8. The molecule has 0 radical (unpaired) electrons. The van der Waals surface area contributed by atoms with Crippen molar-refractivity contribution in [3.8, 4) is 22.5 Å². The molecule has 4 amide bonds. The number of nitrogens with one attached hydrogen (secondary N) is 2. The first-order valence-corrected chi connectivity index (χ1v) is 24.0. The van der Waals surface area contributed by atoms with Gasteiger partial charge in [0.05, 0.1) is 34.8 Å². The minimum absolute atomic E-state index is 0.0946. The molecule has 2 unspecified atom stereocenters. The number of carbonyl (C=O) groups is 4. The average molecular weight is 910 g/mol. The highest BCUT2D eigenvalue weighted by Gasteiger charge is 2.38. The molecule has 2 fully saturated rings. The number of fused-ring (bicyclic) bond motifs is 6. The lowest BCUT2D eigenvalue weighted by atomic mass is 9.84. The summed E-state index contributed by atoms with van der Waals surface area (Å²) in [5, 5.41) is 8.17. The van der Waals surface area contributed by atoms with Crippen molar-refractivity contribution in [1.29, 1.82) is 0 Å². The van der Waals surface area contributed by atoms with Crippen molar-refractivity contribution >= 4 is 51.8 Å². The quantitative estimate of drug-likeness (QED) is 0.175. The van der Waals surface area contributed by atoms with Gasteiger partial charge in [0.1, 0.15) is 18.1 Å². The van der Waals surface area contributed by atoms with E-state index in [1.165, 1.54) is 21.2 Å². The van der Waals surface area contributed by atoms with Gasteiger partial charge >= 0.3 is 12.0 Å². The van der Waals surface area contributed by atoms with Crippen LogP contribution in [0.2, 0.25) is 0 Å². The van der Waals surface area contributed by atoms with Crippen molar-refractivity contribution in [2.45, 2.75) is 118 Å². The van der Waals surface area contributed by atoms with Gasteiger partial charge in [-0.3, -0.25) is 24.4 Å². The molecule has 350 valence electrons. The van der Waals surface area contributed by atoms with E-state index in [0.29, 0.717) is 56.2 Å². The molecular formula is C49H67N9O6S. The minimum atomic E-state index is -1.06. The van der Waals surface area contributed by atoms with Gasteiger partial charge in [-0.05, 0) is 94.7 Å². The number of pyridine rings is 1. The van der Waals surface area contributed by atoms with Crippen LogP contribution < -0.4 is 10.7 Å². The maximum atomic E-state index is 14.6. The summed E-state index contributed by atoms with van der Waals surface area (Å²) in [6, 6.07) is 7.21. The van der Waals surface area contributed by atoms with Crippen molar-refractivity contribution in [3.63, 3.8) is 0 Å². The number of esters is 1. The molecule has 15 nitrogen and oxygen atoms in total. The van der Waals surface area contributed by atoms with E-state index >= 15 is 0 Å². The van der Waals surface area contributed by atoms with Crippen molar-refractivity contribution in [1.82, 2.24) is 40.1 Å². The predicted octanol–water partition coefficient (Wildman–Crippen LogP) is 7.08. The van der Waals surface area contributed by atoms with E-state index in [2.05, 4.69) is 77.2 Å². The molecule has 65 heavy (non-hydrogen) atoms. The molecule has 5 atom stereocenters. The first kappa shape index (κ1) is 47.9. The van der Waals surface area contributed by atoms with E-state index in [1.54, 1.807) is 20.4 Å². The highest BCUT2D eigenvalue weighted by molar-refractivity contribution is 7.10. The van der Waals surface area contributed by atoms with E-state index < -0.39 is 47.4 Å². The Bertz CT molecular complexity index is 2420. The number of aryl methyl sites for hydroxylation is 1. The summed E-state index contributed by atoms with van der Waals surface area (Å²) in [6.45, 7) is 17.0. The summed E-state index contributed by atoms with van der Waals surface area (Å²) >= 11 is 1.42. The maximum Gasteiger partial charge on any atom is 0.343 e. The number of aliphatic imine (C=N–C) groups is 1. The molecule has 6 heterocycles. The van der Waals surface area contributed by atoms with E-state index in [1.807, 2.05) is 39.3 Å². The number of likely N-dealkylation sites (N-methyl/N-ethyl adjacent to an activating group) is 1. The second-order valence-electron chi connectivity index (χ2n) is 19.4.